The van der Waals surface area contributed by atoms with Gasteiger partial charge in [-0.15, -0.1) is 0 Å². The lowest BCUT2D eigenvalue weighted by atomic mass is 9.69. The Hall–Kier alpha value is -4.40. The molecule has 9 nitrogen and oxygen atoms in total. The van der Waals surface area contributed by atoms with Crippen molar-refractivity contribution in [3.8, 4) is 0 Å². The van der Waals surface area contributed by atoms with Crippen LogP contribution in [0.3, 0.4) is 0 Å². The number of nitrogens with zero attached hydrogens (tertiary/aromatic N) is 1. The molecule has 0 saturated heterocycles. The van der Waals surface area contributed by atoms with E-state index in [0.717, 1.165) is 42.7 Å². The Morgan fingerprint density at radius 2 is 1.66 bits per heavy atom. The number of benzene rings is 1. The summed E-state index contributed by atoms with van der Waals surface area (Å²) < 4.78 is 5.84. The molecule has 3 aliphatic rings. The SMILES string of the molecule is CC1(C)CCN2CCC(C)(C)c3c2c1cc1cc(C(=O)NC(CNC(=O)C2=C/C=C\C=C/C=C2)C(=O)O)c(=O)oc31. The largest absolute Gasteiger partial charge is 0.480 e. The van der Waals surface area contributed by atoms with E-state index in [1.54, 1.807) is 36.5 Å². The van der Waals surface area contributed by atoms with Crippen LogP contribution >= 0.6 is 0 Å². The number of allylic oxidation sites excluding steroid dienone is 6. The van der Waals surface area contributed by atoms with E-state index in [4.69, 9.17) is 4.42 Å². The van der Waals surface area contributed by atoms with Crippen molar-refractivity contribution in [3.63, 3.8) is 0 Å². The molecule has 3 heterocycles. The number of anilines is 1. The number of nitrogens with one attached hydrogen (secondary N) is 2. The predicted octanol–water partition coefficient (Wildman–Crippen LogP) is 3.87. The summed E-state index contributed by atoms with van der Waals surface area (Å²) in [6.45, 7) is 10.1. The molecule has 1 aliphatic carbocycles. The van der Waals surface area contributed by atoms with Crippen LogP contribution in [0.5, 0.6) is 0 Å². The van der Waals surface area contributed by atoms with E-state index in [9.17, 15) is 24.3 Å². The fourth-order valence-corrected chi connectivity index (χ4v) is 5.76. The molecular weight excluding hydrogens is 522 g/mol. The van der Waals surface area contributed by atoms with Gasteiger partial charge >= 0.3 is 11.6 Å². The van der Waals surface area contributed by atoms with Gasteiger partial charge in [-0.2, -0.15) is 0 Å². The topological polar surface area (TPSA) is 129 Å². The van der Waals surface area contributed by atoms with E-state index in [1.165, 1.54) is 6.07 Å². The minimum absolute atomic E-state index is 0.111. The van der Waals surface area contributed by atoms with Gasteiger partial charge in [0, 0.05) is 41.8 Å². The van der Waals surface area contributed by atoms with Crippen molar-refractivity contribution in [2.45, 2.75) is 57.4 Å². The van der Waals surface area contributed by atoms with Gasteiger partial charge in [0.05, 0.1) is 0 Å². The van der Waals surface area contributed by atoms with Crippen LogP contribution < -0.4 is 21.2 Å². The zero-order chi connectivity index (χ0) is 29.5. The summed E-state index contributed by atoms with van der Waals surface area (Å²) >= 11 is 0. The summed E-state index contributed by atoms with van der Waals surface area (Å²) in [5.74, 6) is -2.73. The van der Waals surface area contributed by atoms with Gasteiger partial charge in [0.15, 0.2) is 0 Å². The third kappa shape index (κ3) is 5.36. The number of aliphatic carboxylic acids is 1. The fourth-order valence-electron chi connectivity index (χ4n) is 5.76. The van der Waals surface area contributed by atoms with Gasteiger partial charge in [-0.3, -0.25) is 9.59 Å². The van der Waals surface area contributed by atoms with Gasteiger partial charge in [0.1, 0.15) is 17.2 Å². The van der Waals surface area contributed by atoms with Crippen LogP contribution in [0.25, 0.3) is 11.0 Å². The first-order valence-corrected chi connectivity index (χ1v) is 13.8. The van der Waals surface area contributed by atoms with Gasteiger partial charge in [-0.25, -0.2) is 9.59 Å². The smallest absolute Gasteiger partial charge is 0.349 e. The highest BCUT2D eigenvalue weighted by Crippen LogP contribution is 2.51. The molecule has 3 N–H and O–H groups in total. The van der Waals surface area contributed by atoms with Crippen molar-refractivity contribution in [1.82, 2.24) is 10.6 Å². The van der Waals surface area contributed by atoms with Gasteiger partial charge in [0.25, 0.3) is 11.8 Å². The number of carbonyl (C=O) groups is 3. The molecule has 0 radical (unpaired) electrons. The van der Waals surface area contributed by atoms with Gasteiger partial charge in [-0.05, 0) is 53.5 Å². The molecule has 5 rings (SSSR count). The molecule has 41 heavy (non-hydrogen) atoms. The molecule has 9 heteroatoms. The molecule has 0 fully saturated rings. The molecule has 0 saturated carbocycles. The first kappa shape index (κ1) is 28.1. The monoisotopic (exact) mass is 557 g/mol. The van der Waals surface area contributed by atoms with Gasteiger partial charge in [0.2, 0.25) is 0 Å². The lowest BCUT2D eigenvalue weighted by Gasteiger charge is -2.48. The molecule has 2 amide bonds. The van der Waals surface area contributed by atoms with Crippen molar-refractivity contribution in [2.24, 2.45) is 0 Å². The van der Waals surface area contributed by atoms with E-state index >= 15 is 0 Å². The normalized spacial score (nSPS) is 20.6. The summed E-state index contributed by atoms with van der Waals surface area (Å²) in [4.78, 5) is 53.3. The third-order valence-electron chi connectivity index (χ3n) is 8.30. The second-order valence-corrected chi connectivity index (χ2v) is 12.1. The molecular formula is C32H35N3O6. The van der Waals surface area contributed by atoms with E-state index in [2.05, 4.69) is 43.2 Å². The molecule has 0 bridgehead atoms. The second-order valence-electron chi connectivity index (χ2n) is 12.1. The van der Waals surface area contributed by atoms with Crippen LogP contribution in [-0.4, -0.2) is 48.6 Å². The van der Waals surface area contributed by atoms with Gasteiger partial charge < -0.3 is 25.1 Å². The highest BCUT2D eigenvalue weighted by molar-refractivity contribution is 6.01. The molecule has 2 aliphatic heterocycles. The Kier molecular flexibility index (Phi) is 7.23. The van der Waals surface area contributed by atoms with Crippen molar-refractivity contribution in [3.05, 3.63) is 87.3 Å². The maximum atomic E-state index is 13.2. The number of hydrogen-bond acceptors (Lipinski definition) is 6. The molecule has 1 unspecified atom stereocenters. The lowest BCUT2D eigenvalue weighted by Crippen LogP contribution is -2.49. The Balaban J connectivity index is 1.45. The minimum Gasteiger partial charge on any atom is -0.480 e. The molecule has 214 valence electrons. The highest BCUT2D eigenvalue weighted by atomic mass is 16.4. The second kappa shape index (κ2) is 10.5. The minimum atomic E-state index is -1.47. The third-order valence-corrected chi connectivity index (χ3v) is 8.30. The number of hydrogen-bond donors (Lipinski definition) is 3. The van der Waals surface area contributed by atoms with Crippen LogP contribution in [0.15, 0.2) is 69.4 Å². The molecule has 0 spiro atoms. The molecule has 1 atom stereocenters. The predicted molar refractivity (Wildman–Crippen MR) is 157 cm³/mol. The standard InChI is InChI=1S/C32H35N3O6/c1-31(2)12-14-35-15-13-32(3,4)24-25(35)22(31)17-20-16-21(30(40)41-26(20)24)28(37)34-23(29(38)39)18-33-27(36)19-10-8-6-5-7-9-11-19/h5-11,16-17,23H,12-15,18H2,1-4H3,(H,33,36)(H,34,37)(H,38,39)/b6-5-,7-5?,8-6?,9-7-,10-8?,11-9?,19-10?,19-11?. The zero-order valence-electron chi connectivity index (χ0n) is 23.7. The zero-order valence-corrected chi connectivity index (χ0v) is 23.7. The van der Waals surface area contributed by atoms with Crippen LogP contribution in [0.4, 0.5) is 5.69 Å². The Morgan fingerprint density at radius 1 is 0.976 bits per heavy atom. The van der Waals surface area contributed by atoms with Crippen LogP contribution in [0.1, 0.15) is 62.0 Å². The average Bonchev–Trinajstić information content (AvgIpc) is 2.88. The Labute approximate surface area is 238 Å². The van der Waals surface area contributed by atoms with E-state index in [1.807, 2.05) is 12.1 Å². The van der Waals surface area contributed by atoms with Crippen LogP contribution in [0.2, 0.25) is 0 Å². The number of carbonyl (C=O) groups excluding carboxylic acids is 2. The van der Waals surface area contributed by atoms with Crippen molar-refractivity contribution < 1.29 is 23.9 Å². The maximum Gasteiger partial charge on any atom is 0.349 e. The number of carboxylic acid groups (broad SMARTS) is 1. The van der Waals surface area contributed by atoms with Gasteiger partial charge in [-0.1, -0.05) is 58.1 Å². The highest BCUT2D eigenvalue weighted by Gasteiger charge is 2.42. The number of carboxylic acids is 1. The van der Waals surface area contributed by atoms with E-state index in [0.29, 0.717) is 16.5 Å². The average molecular weight is 558 g/mol. The van der Waals surface area contributed by atoms with E-state index in [-0.39, 0.29) is 22.9 Å². The van der Waals surface area contributed by atoms with Crippen molar-refractivity contribution in [1.29, 1.82) is 0 Å². The quantitative estimate of drug-likeness (QED) is 0.460. The van der Waals surface area contributed by atoms with Crippen molar-refractivity contribution in [2.75, 3.05) is 24.5 Å². The summed E-state index contributed by atoms with van der Waals surface area (Å²) in [6, 6.07) is 2.02. The molecule has 1 aromatic carbocycles. The Morgan fingerprint density at radius 3 is 2.39 bits per heavy atom. The fraction of sp³-hybridized carbons (Fsp3) is 0.375. The first-order chi connectivity index (χ1) is 19.4. The number of rotatable bonds is 6. The Bertz CT molecular complexity index is 1620. The molecule has 1 aromatic heterocycles. The number of amides is 2. The maximum absolute atomic E-state index is 13.2. The first-order valence-electron chi connectivity index (χ1n) is 13.8. The summed E-state index contributed by atoms with van der Waals surface area (Å²) in [5.41, 5.74) is 2.55. The summed E-state index contributed by atoms with van der Waals surface area (Å²) in [5, 5.41) is 15.3. The van der Waals surface area contributed by atoms with Crippen molar-refractivity contribution >= 4 is 34.4 Å². The summed E-state index contributed by atoms with van der Waals surface area (Å²) in [6.07, 6.45) is 13.8. The molecule has 2 aromatic rings. The van der Waals surface area contributed by atoms with Crippen LogP contribution in [-0.2, 0) is 20.4 Å². The lowest BCUT2D eigenvalue weighted by molar-refractivity contribution is -0.139. The summed E-state index contributed by atoms with van der Waals surface area (Å²) in [7, 11) is 0. The van der Waals surface area contributed by atoms with Crippen LogP contribution in [0, 0.1) is 0 Å². The number of fused-ring (bicyclic) bond motifs is 2. The van der Waals surface area contributed by atoms with E-state index < -0.39 is 29.5 Å².